The van der Waals surface area contributed by atoms with Gasteiger partial charge in [-0.15, -0.1) is 0 Å². The van der Waals surface area contributed by atoms with Gasteiger partial charge in [0.1, 0.15) is 17.3 Å². The first-order chi connectivity index (χ1) is 17.9. The van der Waals surface area contributed by atoms with Crippen LogP contribution in [0.2, 0.25) is 0 Å². The Labute approximate surface area is 212 Å². The van der Waals surface area contributed by atoms with Crippen LogP contribution < -0.4 is 15.5 Å². The zero-order chi connectivity index (χ0) is 25.7. The van der Waals surface area contributed by atoms with Crippen LogP contribution >= 0.6 is 0 Å². The number of aromatic nitrogens is 5. The van der Waals surface area contributed by atoms with E-state index in [1.165, 1.54) is 0 Å². The molecular weight excluding hydrogens is 471 g/mol. The van der Waals surface area contributed by atoms with Crippen molar-refractivity contribution in [3.63, 3.8) is 0 Å². The Morgan fingerprint density at radius 2 is 1.95 bits per heavy atom. The molecule has 1 saturated heterocycles. The summed E-state index contributed by atoms with van der Waals surface area (Å²) in [6, 6.07) is 9.81. The molecule has 9 heteroatoms. The number of anilines is 1. The van der Waals surface area contributed by atoms with Crippen LogP contribution in [0.4, 0.5) is 10.2 Å². The van der Waals surface area contributed by atoms with Gasteiger partial charge < -0.3 is 10.0 Å². The summed E-state index contributed by atoms with van der Waals surface area (Å²) in [5.74, 6) is -0.488. The van der Waals surface area contributed by atoms with E-state index < -0.39 is 5.97 Å². The smallest absolute Gasteiger partial charge is 0.306 e. The number of rotatable bonds is 4. The second-order valence-corrected chi connectivity index (χ2v) is 9.76. The van der Waals surface area contributed by atoms with E-state index in [-0.39, 0.29) is 11.7 Å². The largest absolute Gasteiger partial charge is 0.481 e. The summed E-state index contributed by atoms with van der Waals surface area (Å²) in [5, 5.41) is 21.4. The summed E-state index contributed by atoms with van der Waals surface area (Å²) < 4.78 is 18.4. The molecule has 1 aliphatic carbocycles. The maximum absolute atomic E-state index is 14.7. The fourth-order valence-electron chi connectivity index (χ4n) is 5.32. The zero-order valence-electron chi connectivity index (χ0n) is 20.7. The van der Waals surface area contributed by atoms with E-state index in [9.17, 15) is 14.3 Å². The SMILES string of the molecule is CC1=c2c(c(-c3cccc4nn(C)cc34)nn2-c2ccc(N3CCC(C(=O)O)CC3)nc2)=CC(F)=CC1. The van der Waals surface area contributed by atoms with Crippen molar-refractivity contribution in [2.45, 2.75) is 26.2 Å². The monoisotopic (exact) mass is 498 g/mol. The molecule has 188 valence electrons. The summed E-state index contributed by atoms with van der Waals surface area (Å²) in [6.45, 7) is 3.32. The molecule has 0 amide bonds. The third kappa shape index (κ3) is 4.10. The third-order valence-electron chi connectivity index (χ3n) is 7.28. The van der Waals surface area contributed by atoms with Crippen molar-refractivity contribution in [2.75, 3.05) is 18.0 Å². The summed E-state index contributed by atoms with van der Waals surface area (Å²) in [4.78, 5) is 18.1. The number of hydrogen-bond donors (Lipinski definition) is 1. The number of carboxylic acid groups (broad SMARTS) is 1. The lowest BCUT2D eigenvalue weighted by atomic mass is 9.97. The molecule has 0 saturated carbocycles. The molecule has 4 aromatic rings. The molecule has 0 bridgehead atoms. The molecule has 1 aliphatic heterocycles. The number of aliphatic carboxylic acids is 1. The Morgan fingerprint density at radius 3 is 2.68 bits per heavy atom. The fraction of sp³-hybridized carbons (Fsp3) is 0.286. The predicted molar refractivity (Wildman–Crippen MR) is 140 cm³/mol. The molecule has 1 aromatic carbocycles. The minimum atomic E-state index is -0.727. The molecule has 0 atom stereocenters. The summed E-state index contributed by atoms with van der Waals surface area (Å²) >= 11 is 0. The molecule has 37 heavy (non-hydrogen) atoms. The van der Waals surface area contributed by atoms with Crippen molar-refractivity contribution in [1.29, 1.82) is 0 Å². The van der Waals surface area contributed by atoms with E-state index in [0.29, 0.717) is 38.0 Å². The number of nitrogens with zero attached hydrogens (tertiary/aromatic N) is 6. The van der Waals surface area contributed by atoms with E-state index in [1.807, 2.05) is 55.2 Å². The van der Waals surface area contributed by atoms with Gasteiger partial charge in [0.15, 0.2) is 0 Å². The van der Waals surface area contributed by atoms with Gasteiger partial charge >= 0.3 is 5.97 Å². The van der Waals surface area contributed by atoms with Crippen molar-refractivity contribution in [2.24, 2.45) is 13.0 Å². The minimum absolute atomic E-state index is 0.282. The predicted octanol–water partition coefficient (Wildman–Crippen LogP) is 3.33. The van der Waals surface area contributed by atoms with Crippen LogP contribution in [0.3, 0.4) is 0 Å². The van der Waals surface area contributed by atoms with Crippen LogP contribution in [-0.4, -0.2) is 48.7 Å². The highest BCUT2D eigenvalue weighted by atomic mass is 19.1. The topological polar surface area (TPSA) is 89.1 Å². The Bertz CT molecular complexity index is 1670. The number of carbonyl (C=O) groups is 1. The lowest BCUT2D eigenvalue weighted by Crippen LogP contribution is -2.36. The average molecular weight is 499 g/mol. The number of halogens is 1. The molecule has 0 radical (unpaired) electrons. The number of benzene rings is 1. The van der Waals surface area contributed by atoms with Gasteiger partial charge in [0.2, 0.25) is 0 Å². The molecule has 1 fully saturated rings. The molecule has 2 aliphatic rings. The van der Waals surface area contributed by atoms with Crippen molar-refractivity contribution in [3.8, 4) is 16.9 Å². The number of aryl methyl sites for hydroxylation is 1. The van der Waals surface area contributed by atoms with Crippen LogP contribution in [-0.2, 0) is 11.8 Å². The lowest BCUT2D eigenvalue weighted by molar-refractivity contribution is -0.142. The molecule has 1 N–H and O–H groups in total. The van der Waals surface area contributed by atoms with Crippen molar-refractivity contribution >= 4 is 34.3 Å². The van der Waals surface area contributed by atoms with Crippen molar-refractivity contribution < 1.29 is 14.3 Å². The number of carboxylic acids is 1. The summed E-state index contributed by atoms with van der Waals surface area (Å²) in [6.07, 6.45) is 8.60. The molecule has 3 aromatic heterocycles. The van der Waals surface area contributed by atoms with Crippen LogP contribution in [0.5, 0.6) is 0 Å². The van der Waals surface area contributed by atoms with Crippen LogP contribution in [0.1, 0.15) is 26.2 Å². The molecule has 0 unspecified atom stereocenters. The molecule has 4 heterocycles. The van der Waals surface area contributed by atoms with Gasteiger partial charge in [-0.25, -0.2) is 14.1 Å². The number of pyridine rings is 1. The number of allylic oxidation sites excluding steroid dienone is 2. The second-order valence-electron chi connectivity index (χ2n) is 9.76. The van der Waals surface area contributed by atoms with Gasteiger partial charge in [-0.3, -0.25) is 9.48 Å². The number of piperidine rings is 1. The lowest BCUT2D eigenvalue weighted by Gasteiger charge is -2.31. The zero-order valence-corrected chi connectivity index (χ0v) is 20.7. The normalized spacial score (nSPS) is 16.4. The van der Waals surface area contributed by atoms with Gasteiger partial charge in [0.05, 0.1) is 28.7 Å². The van der Waals surface area contributed by atoms with Gasteiger partial charge in [-0.05, 0) is 62.1 Å². The van der Waals surface area contributed by atoms with E-state index in [4.69, 9.17) is 10.1 Å². The maximum atomic E-state index is 14.7. The Balaban J connectivity index is 1.46. The summed E-state index contributed by atoms with van der Waals surface area (Å²) in [7, 11) is 1.88. The second kappa shape index (κ2) is 8.99. The number of hydrogen-bond acceptors (Lipinski definition) is 5. The van der Waals surface area contributed by atoms with Crippen molar-refractivity contribution in [1.82, 2.24) is 24.5 Å². The Kier molecular flexibility index (Phi) is 5.62. The van der Waals surface area contributed by atoms with Crippen LogP contribution in [0.15, 0.2) is 54.6 Å². The molecular formula is C28H27FN6O2. The van der Waals surface area contributed by atoms with Crippen molar-refractivity contribution in [3.05, 3.63) is 65.2 Å². The van der Waals surface area contributed by atoms with Gasteiger partial charge in [0.25, 0.3) is 0 Å². The molecule has 6 rings (SSSR count). The molecule has 0 spiro atoms. The highest BCUT2D eigenvalue weighted by molar-refractivity contribution is 5.93. The first-order valence-corrected chi connectivity index (χ1v) is 12.4. The number of fused-ring (bicyclic) bond motifs is 2. The highest BCUT2D eigenvalue weighted by Crippen LogP contribution is 2.26. The van der Waals surface area contributed by atoms with Gasteiger partial charge in [-0.1, -0.05) is 12.1 Å². The standard InChI is InChI=1S/C28H27FN6O2/c1-17-6-7-19(29)14-22-26(21-4-3-5-24-23(21)16-33(2)31-24)32-35(27(17)22)20-8-9-25(30-15-20)34-12-10-18(11-13-34)28(36)37/h3-5,7-9,14-16,18H,6,10-13H2,1-2H3,(H,36,37). The Hall–Kier alpha value is -4.27. The first-order valence-electron chi connectivity index (χ1n) is 12.4. The van der Waals surface area contributed by atoms with E-state index >= 15 is 0 Å². The van der Waals surface area contributed by atoms with E-state index in [1.54, 1.807) is 23.0 Å². The van der Waals surface area contributed by atoms with Crippen LogP contribution in [0, 0.1) is 5.92 Å². The Morgan fingerprint density at radius 1 is 1.14 bits per heavy atom. The van der Waals surface area contributed by atoms with Gasteiger partial charge in [-0.2, -0.15) is 10.2 Å². The quantitative estimate of drug-likeness (QED) is 0.464. The first kappa shape index (κ1) is 23.1. The maximum Gasteiger partial charge on any atom is 0.306 e. The molecule has 8 nitrogen and oxygen atoms in total. The average Bonchev–Trinajstić information content (AvgIpc) is 3.43. The van der Waals surface area contributed by atoms with E-state index in [0.717, 1.165) is 44.1 Å². The summed E-state index contributed by atoms with van der Waals surface area (Å²) in [5.41, 5.74) is 4.23. The third-order valence-corrected chi connectivity index (χ3v) is 7.28. The minimum Gasteiger partial charge on any atom is -0.481 e. The highest BCUT2D eigenvalue weighted by Gasteiger charge is 2.25. The fourth-order valence-corrected chi connectivity index (χ4v) is 5.32. The van der Waals surface area contributed by atoms with E-state index in [2.05, 4.69) is 10.00 Å². The van der Waals surface area contributed by atoms with Crippen LogP contribution in [0.25, 0.3) is 39.5 Å². The van der Waals surface area contributed by atoms with Gasteiger partial charge in [0, 0.05) is 42.5 Å².